The number of hydrogen-bond donors (Lipinski definition) is 3. The van der Waals surface area contributed by atoms with E-state index >= 15 is 0 Å². The number of amides is 2. The zero-order chi connectivity index (χ0) is 21.5. The molecule has 8 heteroatoms. The van der Waals surface area contributed by atoms with Gasteiger partial charge in [0.15, 0.2) is 5.82 Å². The highest BCUT2D eigenvalue weighted by Crippen LogP contribution is 2.19. The summed E-state index contributed by atoms with van der Waals surface area (Å²) in [5.74, 6) is 1.95. The fraction of sp³-hybridized carbons (Fsp3) is 0.174. The molecule has 0 radical (unpaired) electrons. The molecule has 0 saturated carbocycles. The zero-order valence-corrected chi connectivity index (χ0v) is 17.0. The third-order valence-corrected chi connectivity index (χ3v) is 4.56. The first-order valence-corrected chi connectivity index (χ1v) is 9.88. The summed E-state index contributed by atoms with van der Waals surface area (Å²) >= 11 is 0. The van der Waals surface area contributed by atoms with E-state index < -0.39 is 6.04 Å². The molecular weight excluding hydrogens is 394 g/mol. The molecule has 2 heterocycles. The Bertz CT molecular complexity index is 1110. The van der Waals surface area contributed by atoms with Crippen molar-refractivity contribution in [1.29, 1.82) is 0 Å². The van der Waals surface area contributed by atoms with Gasteiger partial charge >= 0.3 is 6.03 Å². The van der Waals surface area contributed by atoms with E-state index in [0.717, 1.165) is 16.9 Å². The largest absolute Gasteiger partial charge is 0.467 e. The lowest BCUT2D eigenvalue weighted by Crippen LogP contribution is -2.33. The number of aromatic nitrogens is 3. The number of carbonyl (C=O) groups is 1. The molecule has 0 spiro atoms. The second-order valence-corrected chi connectivity index (χ2v) is 6.99. The van der Waals surface area contributed by atoms with E-state index in [4.69, 9.17) is 9.15 Å². The number of urea groups is 1. The van der Waals surface area contributed by atoms with E-state index in [-0.39, 0.29) is 6.03 Å². The predicted molar refractivity (Wildman–Crippen MR) is 115 cm³/mol. The van der Waals surface area contributed by atoms with Gasteiger partial charge in [-0.3, -0.25) is 5.10 Å². The lowest BCUT2D eigenvalue weighted by atomic mass is 10.1. The average Bonchev–Trinajstić information content (AvgIpc) is 3.45. The van der Waals surface area contributed by atoms with Crippen molar-refractivity contribution in [3.05, 3.63) is 102 Å². The van der Waals surface area contributed by atoms with Crippen molar-refractivity contribution < 1.29 is 13.9 Å². The fourth-order valence-corrected chi connectivity index (χ4v) is 3.13. The number of rotatable bonds is 8. The molecule has 0 bridgehead atoms. The monoisotopic (exact) mass is 417 g/mol. The summed E-state index contributed by atoms with van der Waals surface area (Å²) < 4.78 is 10.9. The third-order valence-electron chi connectivity index (χ3n) is 4.56. The zero-order valence-electron chi connectivity index (χ0n) is 17.0. The van der Waals surface area contributed by atoms with Gasteiger partial charge in [-0.2, -0.15) is 5.10 Å². The number of aromatic amines is 1. The highest BCUT2D eigenvalue weighted by molar-refractivity contribution is 5.89. The van der Waals surface area contributed by atoms with Crippen LogP contribution in [0.15, 0.2) is 77.4 Å². The van der Waals surface area contributed by atoms with Gasteiger partial charge in [0.05, 0.1) is 12.9 Å². The topological polar surface area (TPSA) is 105 Å². The molecule has 3 N–H and O–H groups in total. The van der Waals surface area contributed by atoms with Crippen molar-refractivity contribution in [3.8, 4) is 0 Å². The van der Waals surface area contributed by atoms with E-state index in [2.05, 4.69) is 25.8 Å². The standard InChI is InChI=1S/C23H23N5O3/c1-16-24-22(28-27-16)21(18-8-3-2-4-9-18)26-23(29)25-19-10-5-7-17(13-19)14-30-15-20-11-6-12-31-20/h2-13,21H,14-15H2,1H3,(H,24,27,28)(H2,25,26,29). The summed E-state index contributed by atoms with van der Waals surface area (Å²) in [6, 6.07) is 19.9. The van der Waals surface area contributed by atoms with Gasteiger partial charge in [-0.15, -0.1) is 0 Å². The van der Waals surface area contributed by atoms with E-state index in [9.17, 15) is 4.79 Å². The van der Waals surface area contributed by atoms with Gasteiger partial charge in [-0.1, -0.05) is 42.5 Å². The van der Waals surface area contributed by atoms with E-state index in [0.29, 0.717) is 30.5 Å². The Morgan fingerprint density at radius 2 is 1.97 bits per heavy atom. The van der Waals surface area contributed by atoms with Crippen LogP contribution in [-0.2, 0) is 18.0 Å². The van der Waals surface area contributed by atoms with Crippen molar-refractivity contribution in [3.63, 3.8) is 0 Å². The van der Waals surface area contributed by atoms with Gasteiger partial charge in [-0.05, 0) is 42.3 Å². The van der Waals surface area contributed by atoms with Crippen molar-refractivity contribution in [1.82, 2.24) is 20.5 Å². The second-order valence-electron chi connectivity index (χ2n) is 6.99. The van der Waals surface area contributed by atoms with Crippen LogP contribution in [0.2, 0.25) is 0 Å². The Labute approximate surface area is 179 Å². The number of carbonyl (C=O) groups excluding carboxylic acids is 1. The van der Waals surface area contributed by atoms with Crippen molar-refractivity contribution in [2.24, 2.45) is 0 Å². The number of anilines is 1. The van der Waals surface area contributed by atoms with Crippen molar-refractivity contribution >= 4 is 11.7 Å². The van der Waals surface area contributed by atoms with Crippen LogP contribution in [0.4, 0.5) is 10.5 Å². The quantitative estimate of drug-likeness (QED) is 0.396. The van der Waals surface area contributed by atoms with E-state index in [1.54, 1.807) is 6.26 Å². The van der Waals surface area contributed by atoms with Gasteiger partial charge in [-0.25, -0.2) is 9.78 Å². The molecule has 1 unspecified atom stereocenters. The maximum Gasteiger partial charge on any atom is 0.320 e. The Balaban J connectivity index is 1.39. The van der Waals surface area contributed by atoms with Crippen molar-refractivity contribution in [2.75, 3.05) is 5.32 Å². The number of benzene rings is 2. The first-order valence-electron chi connectivity index (χ1n) is 9.88. The highest BCUT2D eigenvalue weighted by atomic mass is 16.5. The van der Waals surface area contributed by atoms with Crippen LogP contribution in [0.5, 0.6) is 0 Å². The van der Waals surface area contributed by atoms with E-state index in [1.165, 1.54) is 0 Å². The Morgan fingerprint density at radius 3 is 2.71 bits per heavy atom. The Kier molecular flexibility index (Phi) is 6.39. The highest BCUT2D eigenvalue weighted by Gasteiger charge is 2.21. The number of nitrogens with zero attached hydrogens (tertiary/aromatic N) is 2. The van der Waals surface area contributed by atoms with Gasteiger partial charge in [0.1, 0.15) is 24.2 Å². The third kappa shape index (κ3) is 5.58. The van der Waals surface area contributed by atoms with Crippen LogP contribution in [0.25, 0.3) is 0 Å². The molecule has 2 aromatic heterocycles. The number of furan rings is 1. The van der Waals surface area contributed by atoms with E-state index in [1.807, 2.05) is 73.7 Å². The minimum atomic E-state index is -0.481. The maximum absolute atomic E-state index is 12.7. The molecule has 0 fully saturated rings. The Hall–Kier alpha value is -3.91. The van der Waals surface area contributed by atoms with Gasteiger partial charge in [0.2, 0.25) is 0 Å². The first-order chi connectivity index (χ1) is 15.2. The molecule has 0 aliphatic heterocycles. The van der Waals surface area contributed by atoms with Crippen LogP contribution < -0.4 is 10.6 Å². The van der Waals surface area contributed by atoms with Crippen LogP contribution in [0.3, 0.4) is 0 Å². The Morgan fingerprint density at radius 1 is 1.10 bits per heavy atom. The lowest BCUT2D eigenvalue weighted by Gasteiger charge is -2.17. The molecule has 0 aliphatic carbocycles. The smallest absolute Gasteiger partial charge is 0.320 e. The average molecular weight is 417 g/mol. The molecule has 4 rings (SSSR count). The summed E-state index contributed by atoms with van der Waals surface area (Å²) in [6.45, 7) is 2.61. The molecule has 1 atom stereocenters. The number of H-pyrrole nitrogens is 1. The fourth-order valence-electron chi connectivity index (χ4n) is 3.13. The normalized spacial score (nSPS) is 11.8. The summed E-state index contributed by atoms with van der Waals surface area (Å²) in [4.78, 5) is 17.1. The summed E-state index contributed by atoms with van der Waals surface area (Å²) in [5.41, 5.74) is 2.49. The van der Waals surface area contributed by atoms with Crippen LogP contribution in [0, 0.1) is 6.92 Å². The SMILES string of the molecule is Cc1nc(C(NC(=O)Nc2cccc(COCc3ccco3)c2)c2ccccc2)n[nH]1. The van der Waals surface area contributed by atoms with Crippen LogP contribution >= 0.6 is 0 Å². The molecule has 2 amide bonds. The molecule has 0 aliphatic rings. The molecular formula is C23H23N5O3. The molecule has 4 aromatic rings. The maximum atomic E-state index is 12.7. The minimum Gasteiger partial charge on any atom is -0.467 e. The first kappa shape index (κ1) is 20.4. The lowest BCUT2D eigenvalue weighted by molar-refractivity contribution is 0.0930. The molecule has 2 aromatic carbocycles. The van der Waals surface area contributed by atoms with Crippen LogP contribution in [-0.4, -0.2) is 21.2 Å². The predicted octanol–water partition coefficient (Wildman–Crippen LogP) is 4.33. The molecule has 8 nitrogen and oxygen atoms in total. The molecule has 0 saturated heterocycles. The molecule has 158 valence electrons. The van der Waals surface area contributed by atoms with Gasteiger partial charge < -0.3 is 19.8 Å². The number of ether oxygens (including phenoxy) is 1. The summed E-state index contributed by atoms with van der Waals surface area (Å²) in [5, 5.41) is 12.9. The van der Waals surface area contributed by atoms with Crippen LogP contribution in [0.1, 0.15) is 34.6 Å². The van der Waals surface area contributed by atoms with Gasteiger partial charge in [0.25, 0.3) is 0 Å². The number of hydrogen-bond acceptors (Lipinski definition) is 5. The number of nitrogens with one attached hydrogen (secondary N) is 3. The summed E-state index contributed by atoms with van der Waals surface area (Å²) in [6.07, 6.45) is 1.62. The van der Waals surface area contributed by atoms with Crippen molar-refractivity contribution in [2.45, 2.75) is 26.2 Å². The van der Waals surface area contributed by atoms with Gasteiger partial charge in [0, 0.05) is 5.69 Å². The number of aryl methyl sites for hydroxylation is 1. The molecule has 31 heavy (non-hydrogen) atoms. The summed E-state index contributed by atoms with van der Waals surface area (Å²) in [7, 11) is 0. The second kappa shape index (κ2) is 9.73. The minimum absolute atomic E-state index is 0.357.